The molecule has 0 spiro atoms. The van der Waals surface area contributed by atoms with Gasteiger partial charge in [-0.05, 0) is 23.8 Å². The lowest BCUT2D eigenvalue weighted by Crippen LogP contribution is -2.34. The van der Waals surface area contributed by atoms with Crippen molar-refractivity contribution in [3.05, 3.63) is 59.1 Å². The minimum Gasteiger partial charge on any atom is -0.495 e. The molecule has 0 aliphatic heterocycles. The highest BCUT2D eigenvalue weighted by Crippen LogP contribution is 2.29. The zero-order valence-electron chi connectivity index (χ0n) is 15.2. The predicted octanol–water partition coefficient (Wildman–Crippen LogP) is 3.75. The highest BCUT2D eigenvalue weighted by atomic mass is 35.5. The Morgan fingerprint density at radius 3 is 2.38 bits per heavy atom. The molecule has 0 N–H and O–H groups in total. The number of amides is 2. The van der Waals surface area contributed by atoms with Gasteiger partial charge in [-0.25, -0.2) is 0 Å². The van der Waals surface area contributed by atoms with Crippen LogP contribution in [0.4, 0.5) is 5.69 Å². The van der Waals surface area contributed by atoms with E-state index in [9.17, 15) is 9.59 Å². The number of hydrogen-bond acceptors (Lipinski definition) is 3. The smallest absolute Gasteiger partial charge is 0.224 e. The van der Waals surface area contributed by atoms with Crippen molar-refractivity contribution in [2.75, 3.05) is 25.6 Å². The summed E-state index contributed by atoms with van der Waals surface area (Å²) < 4.78 is 5.13. The van der Waals surface area contributed by atoms with Crippen molar-refractivity contribution in [2.24, 2.45) is 0 Å². The van der Waals surface area contributed by atoms with Crippen LogP contribution in [-0.2, 0) is 16.1 Å². The van der Waals surface area contributed by atoms with Gasteiger partial charge in [-0.2, -0.15) is 0 Å². The fourth-order valence-electron chi connectivity index (χ4n) is 2.64. The van der Waals surface area contributed by atoms with Gasteiger partial charge in [0.25, 0.3) is 0 Å². The Kier molecular flexibility index (Phi) is 7.04. The topological polar surface area (TPSA) is 49.9 Å². The molecule has 2 aromatic rings. The molecule has 0 fully saturated rings. The lowest BCUT2D eigenvalue weighted by Gasteiger charge is -2.23. The average molecular weight is 375 g/mol. The molecule has 0 aliphatic rings. The molecule has 0 atom stereocenters. The third kappa shape index (κ3) is 5.23. The molecule has 26 heavy (non-hydrogen) atoms. The van der Waals surface area contributed by atoms with E-state index in [0.717, 1.165) is 5.56 Å². The minimum absolute atomic E-state index is 0.0280. The van der Waals surface area contributed by atoms with E-state index in [1.165, 1.54) is 14.0 Å². The normalized spacial score (nSPS) is 10.3. The summed E-state index contributed by atoms with van der Waals surface area (Å²) in [6.07, 6.45) is 0.229. The second-order valence-electron chi connectivity index (χ2n) is 5.97. The molecule has 0 saturated carbocycles. The fraction of sp³-hybridized carbons (Fsp3) is 0.300. The first kappa shape index (κ1) is 19.8. The van der Waals surface area contributed by atoms with Gasteiger partial charge in [-0.1, -0.05) is 41.9 Å². The Morgan fingerprint density at radius 2 is 1.81 bits per heavy atom. The molecule has 138 valence electrons. The van der Waals surface area contributed by atoms with Gasteiger partial charge < -0.3 is 14.5 Å². The summed E-state index contributed by atoms with van der Waals surface area (Å²) >= 11 is 6.14. The van der Waals surface area contributed by atoms with Crippen LogP contribution in [0.3, 0.4) is 0 Å². The van der Waals surface area contributed by atoms with E-state index in [4.69, 9.17) is 16.3 Å². The molecular formula is C20H23ClN2O3. The van der Waals surface area contributed by atoms with Crippen LogP contribution in [0, 0.1) is 0 Å². The quantitative estimate of drug-likeness (QED) is 0.741. The Labute approximate surface area is 159 Å². The number of benzene rings is 2. The van der Waals surface area contributed by atoms with E-state index in [1.54, 1.807) is 35.0 Å². The first-order chi connectivity index (χ1) is 12.4. The first-order valence-corrected chi connectivity index (χ1v) is 8.69. The van der Waals surface area contributed by atoms with Gasteiger partial charge in [0.15, 0.2) is 0 Å². The average Bonchev–Trinajstić information content (AvgIpc) is 2.62. The van der Waals surface area contributed by atoms with Crippen LogP contribution in [-0.4, -0.2) is 37.4 Å². The van der Waals surface area contributed by atoms with Crippen molar-refractivity contribution in [1.29, 1.82) is 0 Å². The summed E-state index contributed by atoms with van der Waals surface area (Å²) in [6.45, 7) is 2.29. The van der Waals surface area contributed by atoms with Gasteiger partial charge in [0, 0.05) is 39.2 Å². The van der Waals surface area contributed by atoms with Crippen molar-refractivity contribution in [3.63, 3.8) is 0 Å². The Bertz CT molecular complexity index is 765. The number of carbonyl (C=O) groups is 2. The molecule has 2 amide bonds. The molecule has 0 aliphatic carbocycles. The number of hydrogen-bond donors (Lipinski definition) is 0. The highest BCUT2D eigenvalue weighted by Gasteiger charge is 2.17. The molecule has 5 nitrogen and oxygen atoms in total. The van der Waals surface area contributed by atoms with Gasteiger partial charge >= 0.3 is 0 Å². The van der Waals surface area contributed by atoms with E-state index in [2.05, 4.69) is 0 Å². The maximum absolute atomic E-state index is 12.4. The van der Waals surface area contributed by atoms with Crippen molar-refractivity contribution in [3.8, 4) is 5.75 Å². The van der Waals surface area contributed by atoms with E-state index in [1.807, 2.05) is 30.3 Å². The lowest BCUT2D eigenvalue weighted by atomic mass is 10.2. The van der Waals surface area contributed by atoms with Gasteiger partial charge in [0.1, 0.15) is 5.75 Å². The summed E-state index contributed by atoms with van der Waals surface area (Å²) in [5.41, 5.74) is 1.70. The number of rotatable bonds is 7. The lowest BCUT2D eigenvalue weighted by molar-refractivity contribution is -0.130. The summed E-state index contributed by atoms with van der Waals surface area (Å²) in [5, 5.41) is 0.420. The monoisotopic (exact) mass is 374 g/mol. The second-order valence-corrected chi connectivity index (χ2v) is 6.38. The van der Waals surface area contributed by atoms with Crippen molar-refractivity contribution in [1.82, 2.24) is 4.90 Å². The molecule has 2 rings (SSSR count). The SMILES string of the molecule is COc1ccc(N(CCC(=O)N(C)Cc2ccccc2)C(C)=O)cc1Cl. The van der Waals surface area contributed by atoms with Gasteiger partial charge in [0.2, 0.25) is 11.8 Å². The fourth-order valence-corrected chi connectivity index (χ4v) is 2.89. The molecule has 0 radical (unpaired) electrons. The zero-order chi connectivity index (χ0) is 19.1. The first-order valence-electron chi connectivity index (χ1n) is 8.32. The Morgan fingerprint density at radius 1 is 1.12 bits per heavy atom. The third-order valence-corrected chi connectivity index (χ3v) is 4.36. The van der Waals surface area contributed by atoms with E-state index < -0.39 is 0 Å². The Balaban J connectivity index is 2.00. The number of halogens is 1. The summed E-state index contributed by atoms with van der Waals surface area (Å²) in [5.74, 6) is 0.363. The maximum Gasteiger partial charge on any atom is 0.224 e. The predicted molar refractivity (Wildman–Crippen MR) is 104 cm³/mol. The summed E-state index contributed by atoms with van der Waals surface area (Å²) in [6, 6.07) is 14.9. The summed E-state index contributed by atoms with van der Waals surface area (Å²) in [4.78, 5) is 27.6. The second kappa shape index (κ2) is 9.25. The van der Waals surface area contributed by atoms with Crippen LogP contribution in [0.25, 0.3) is 0 Å². The Hall–Kier alpha value is -2.53. The number of nitrogens with zero attached hydrogens (tertiary/aromatic N) is 2. The highest BCUT2D eigenvalue weighted by molar-refractivity contribution is 6.32. The van der Waals surface area contributed by atoms with E-state index >= 15 is 0 Å². The van der Waals surface area contributed by atoms with Crippen LogP contribution in [0.5, 0.6) is 5.75 Å². The van der Waals surface area contributed by atoms with Gasteiger partial charge in [0.05, 0.1) is 12.1 Å². The number of anilines is 1. The van der Waals surface area contributed by atoms with E-state index in [0.29, 0.717) is 23.0 Å². The minimum atomic E-state index is -0.148. The van der Waals surface area contributed by atoms with Crippen LogP contribution in [0.1, 0.15) is 18.9 Å². The molecule has 0 bridgehead atoms. The van der Waals surface area contributed by atoms with Gasteiger partial charge in [-0.15, -0.1) is 0 Å². The van der Waals surface area contributed by atoms with Gasteiger partial charge in [-0.3, -0.25) is 9.59 Å². The third-order valence-electron chi connectivity index (χ3n) is 4.06. The van der Waals surface area contributed by atoms with E-state index in [-0.39, 0.29) is 24.8 Å². The summed E-state index contributed by atoms with van der Waals surface area (Å²) in [7, 11) is 3.29. The molecule has 2 aromatic carbocycles. The van der Waals surface area contributed by atoms with Crippen LogP contribution in [0.2, 0.25) is 5.02 Å². The van der Waals surface area contributed by atoms with Crippen LogP contribution < -0.4 is 9.64 Å². The molecular weight excluding hydrogens is 352 g/mol. The number of ether oxygens (including phenoxy) is 1. The number of carbonyl (C=O) groups excluding carboxylic acids is 2. The molecule has 0 saturated heterocycles. The van der Waals surface area contributed by atoms with Crippen molar-refractivity contribution >= 4 is 29.1 Å². The molecule has 0 unspecified atom stereocenters. The molecule has 6 heteroatoms. The van der Waals surface area contributed by atoms with Crippen molar-refractivity contribution < 1.29 is 14.3 Å². The maximum atomic E-state index is 12.4. The standard InChI is InChI=1S/C20H23ClN2O3/c1-15(24)23(17-9-10-19(26-3)18(21)13-17)12-11-20(25)22(2)14-16-7-5-4-6-8-16/h4-10,13H,11-12,14H2,1-3H3. The largest absolute Gasteiger partial charge is 0.495 e. The zero-order valence-corrected chi connectivity index (χ0v) is 16.0. The molecule has 0 heterocycles. The van der Waals surface area contributed by atoms with Crippen LogP contribution >= 0.6 is 11.6 Å². The van der Waals surface area contributed by atoms with Crippen LogP contribution in [0.15, 0.2) is 48.5 Å². The van der Waals surface area contributed by atoms with Crippen molar-refractivity contribution in [2.45, 2.75) is 19.9 Å². The number of methoxy groups -OCH3 is 1. The molecule has 0 aromatic heterocycles.